The van der Waals surface area contributed by atoms with E-state index in [0.29, 0.717) is 18.8 Å². The van der Waals surface area contributed by atoms with E-state index in [2.05, 4.69) is 32.5 Å². The molecule has 0 aliphatic carbocycles. The maximum absolute atomic E-state index is 12.2. The molecule has 0 saturated carbocycles. The molecular weight excluding hydrogens is 441 g/mol. The molecule has 0 bridgehead atoms. The second kappa shape index (κ2) is 15.4. The van der Waals surface area contributed by atoms with Gasteiger partial charge in [0.25, 0.3) is 0 Å². The lowest BCUT2D eigenvalue weighted by molar-refractivity contribution is -0.122. The minimum Gasteiger partial charge on any atom is -0.443 e. The highest BCUT2D eigenvalue weighted by atomic mass is 35.5. The van der Waals surface area contributed by atoms with Crippen LogP contribution in [0.25, 0.3) is 0 Å². The van der Waals surface area contributed by atoms with E-state index >= 15 is 0 Å². The fraction of sp³-hybridized carbons (Fsp3) is 0.381. The molecule has 0 saturated heterocycles. The van der Waals surface area contributed by atoms with Gasteiger partial charge in [0, 0.05) is 25.3 Å². The zero-order valence-corrected chi connectivity index (χ0v) is 19.1. The van der Waals surface area contributed by atoms with E-state index < -0.39 is 6.09 Å². The first-order valence-electron chi connectivity index (χ1n) is 9.60. The van der Waals surface area contributed by atoms with Gasteiger partial charge in [0.05, 0.1) is 11.7 Å². The fourth-order valence-corrected chi connectivity index (χ4v) is 2.65. The van der Waals surface area contributed by atoms with Gasteiger partial charge in [-0.25, -0.2) is 4.79 Å². The van der Waals surface area contributed by atoms with Crippen LogP contribution in [-0.4, -0.2) is 35.6 Å². The van der Waals surface area contributed by atoms with E-state index in [1.807, 2.05) is 31.2 Å². The Kier molecular flexibility index (Phi) is 14.2. The highest BCUT2D eigenvalue weighted by Gasteiger charge is 2.13. The molecule has 2 atom stereocenters. The van der Waals surface area contributed by atoms with E-state index in [1.54, 1.807) is 12.3 Å². The van der Waals surface area contributed by atoms with Crippen LogP contribution in [-0.2, 0) is 29.1 Å². The summed E-state index contributed by atoms with van der Waals surface area (Å²) in [6.45, 7) is 2.75. The number of nitrogens with two attached hydrogens (primary N) is 2. The number of aromatic nitrogens is 1. The summed E-state index contributed by atoms with van der Waals surface area (Å²) in [5, 5.41) is 6.04. The molecule has 1 aromatic heterocycles. The van der Waals surface area contributed by atoms with Crippen molar-refractivity contribution in [1.82, 2.24) is 15.6 Å². The normalized spacial score (nSPS) is 11.9. The van der Waals surface area contributed by atoms with E-state index in [-0.39, 0.29) is 49.4 Å². The molecule has 0 unspecified atom stereocenters. The number of nitrogens with one attached hydrogen (secondary N) is 2. The van der Waals surface area contributed by atoms with E-state index in [1.165, 1.54) is 5.56 Å². The Morgan fingerprint density at radius 1 is 1.10 bits per heavy atom. The fourth-order valence-electron chi connectivity index (χ4n) is 2.65. The summed E-state index contributed by atoms with van der Waals surface area (Å²) in [5.74, 6) is -0.110. The highest BCUT2D eigenvalue weighted by Crippen LogP contribution is 2.04. The number of hydrogen-bond donors (Lipinski definition) is 4. The third-order valence-corrected chi connectivity index (χ3v) is 4.44. The molecule has 0 fully saturated rings. The molecule has 2 amide bonds. The molecule has 0 radical (unpaired) electrons. The average Bonchev–Trinajstić information content (AvgIpc) is 2.74. The lowest BCUT2D eigenvalue weighted by Crippen LogP contribution is -2.46. The van der Waals surface area contributed by atoms with Crippen molar-refractivity contribution in [3.63, 3.8) is 0 Å². The minimum atomic E-state index is -0.843. The molecule has 2 rings (SSSR count). The van der Waals surface area contributed by atoms with Gasteiger partial charge in [0.15, 0.2) is 0 Å². The Labute approximate surface area is 195 Å². The molecule has 1 heterocycles. The van der Waals surface area contributed by atoms with Gasteiger partial charge in [-0.2, -0.15) is 0 Å². The van der Waals surface area contributed by atoms with Crippen LogP contribution in [0.1, 0.15) is 30.2 Å². The van der Waals surface area contributed by atoms with Crippen LogP contribution in [0.2, 0.25) is 0 Å². The van der Waals surface area contributed by atoms with Gasteiger partial charge in [-0.05, 0) is 37.0 Å². The van der Waals surface area contributed by atoms with Gasteiger partial charge in [-0.1, -0.05) is 36.4 Å². The largest absolute Gasteiger partial charge is 0.443 e. The lowest BCUT2D eigenvalue weighted by atomic mass is 10.1. The van der Waals surface area contributed by atoms with E-state index in [9.17, 15) is 9.59 Å². The van der Waals surface area contributed by atoms with Crippen molar-refractivity contribution in [2.75, 3.05) is 6.54 Å². The Morgan fingerprint density at radius 2 is 1.81 bits per heavy atom. The van der Waals surface area contributed by atoms with Crippen LogP contribution >= 0.6 is 24.8 Å². The number of hydrogen-bond acceptors (Lipinski definition) is 6. The van der Waals surface area contributed by atoms with Crippen molar-refractivity contribution >= 4 is 36.8 Å². The van der Waals surface area contributed by atoms with Crippen LogP contribution in [0.15, 0.2) is 48.7 Å². The van der Waals surface area contributed by atoms with E-state index in [4.69, 9.17) is 11.5 Å². The second-order valence-electron chi connectivity index (χ2n) is 6.90. The third-order valence-electron chi connectivity index (χ3n) is 4.44. The standard InChI is InChI=1S/C21H29N5O3.2ClH/c1-15(24-13-18(22)9-7-16-5-3-2-4-6-16)20(27)26-12-17-8-10-19(25-11-17)14-29-21(23)28;;/h2-6,8,10-11,15,18,24H,7,9,12-14,22H2,1H3,(H2,23,28)(H,26,27);2*1H/t15-,18+;;/m0../s1. The molecule has 31 heavy (non-hydrogen) atoms. The van der Waals surface area contributed by atoms with Gasteiger partial charge in [0.2, 0.25) is 5.91 Å². The van der Waals surface area contributed by atoms with Gasteiger partial charge >= 0.3 is 6.09 Å². The van der Waals surface area contributed by atoms with Crippen molar-refractivity contribution in [3.8, 4) is 0 Å². The van der Waals surface area contributed by atoms with Crippen LogP contribution in [0.4, 0.5) is 4.79 Å². The summed E-state index contributed by atoms with van der Waals surface area (Å²) >= 11 is 0. The maximum Gasteiger partial charge on any atom is 0.404 e. The number of benzene rings is 1. The molecule has 1 aromatic carbocycles. The molecule has 0 aliphatic rings. The molecule has 0 aliphatic heterocycles. The Bertz CT molecular complexity index is 778. The van der Waals surface area contributed by atoms with Crippen molar-refractivity contribution in [1.29, 1.82) is 0 Å². The van der Waals surface area contributed by atoms with Crippen LogP contribution in [0.5, 0.6) is 0 Å². The summed E-state index contributed by atoms with van der Waals surface area (Å²) in [5.41, 5.74) is 13.7. The summed E-state index contributed by atoms with van der Waals surface area (Å²) in [7, 11) is 0. The number of amides is 2. The molecule has 0 spiro atoms. The van der Waals surface area contributed by atoms with E-state index in [0.717, 1.165) is 18.4 Å². The van der Waals surface area contributed by atoms with Crippen LogP contribution in [0.3, 0.4) is 0 Å². The first kappa shape index (κ1) is 28.6. The Morgan fingerprint density at radius 3 is 2.42 bits per heavy atom. The minimum absolute atomic E-state index is 0. The number of nitrogens with zero attached hydrogens (tertiary/aromatic N) is 1. The number of carbonyl (C=O) groups is 2. The number of ether oxygens (including phenoxy) is 1. The van der Waals surface area contributed by atoms with Gasteiger partial charge in [-0.15, -0.1) is 24.8 Å². The zero-order valence-electron chi connectivity index (χ0n) is 17.5. The van der Waals surface area contributed by atoms with Crippen molar-refractivity contribution in [2.45, 2.75) is 45.0 Å². The number of rotatable bonds is 11. The number of halogens is 2. The zero-order chi connectivity index (χ0) is 21.1. The quantitative estimate of drug-likeness (QED) is 0.396. The van der Waals surface area contributed by atoms with Gasteiger partial charge in [0.1, 0.15) is 6.61 Å². The number of pyridine rings is 1. The smallest absolute Gasteiger partial charge is 0.404 e. The first-order chi connectivity index (χ1) is 13.9. The summed E-state index contributed by atoms with van der Waals surface area (Å²) in [4.78, 5) is 27.0. The molecule has 2 aromatic rings. The summed E-state index contributed by atoms with van der Waals surface area (Å²) in [6, 6.07) is 13.4. The maximum atomic E-state index is 12.2. The van der Waals surface area contributed by atoms with Crippen LogP contribution in [0, 0.1) is 0 Å². The topological polar surface area (TPSA) is 132 Å². The number of carbonyl (C=O) groups excluding carboxylic acids is 2. The second-order valence-corrected chi connectivity index (χ2v) is 6.90. The molecular formula is C21H31Cl2N5O3. The first-order valence-corrected chi connectivity index (χ1v) is 9.60. The lowest BCUT2D eigenvalue weighted by Gasteiger charge is -2.17. The third kappa shape index (κ3) is 11.5. The predicted octanol–water partition coefficient (Wildman–Crippen LogP) is 2.07. The number of aryl methyl sites for hydroxylation is 1. The molecule has 172 valence electrons. The Balaban J connectivity index is 0.00000450. The number of primary amides is 1. The Hall–Kier alpha value is -2.39. The molecule has 6 N–H and O–H groups in total. The van der Waals surface area contributed by atoms with Gasteiger partial charge < -0.3 is 26.8 Å². The SMILES string of the molecule is C[C@H](NC[C@H](N)CCc1ccccc1)C(=O)NCc1ccc(COC(N)=O)nc1.Cl.Cl. The van der Waals surface area contributed by atoms with Crippen LogP contribution < -0.4 is 22.1 Å². The van der Waals surface area contributed by atoms with Gasteiger partial charge in [-0.3, -0.25) is 9.78 Å². The van der Waals surface area contributed by atoms with Crippen molar-refractivity contribution < 1.29 is 14.3 Å². The summed E-state index contributed by atoms with van der Waals surface area (Å²) < 4.78 is 4.67. The molecule has 10 heteroatoms. The van der Waals surface area contributed by atoms with Crippen molar-refractivity contribution in [2.24, 2.45) is 11.5 Å². The predicted molar refractivity (Wildman–Crippen MR) is 125 cm³/mol. The summed E-state index contributed by atoms with van der Waals surface area (Å²) in [6.07, 6.45) is 2.54. The van der Waals surface area contributed by atoms with Crippen molar-refractivity contribution in [3.05, 3.63) is 65.5 Å². The molecule has 8 nitrogen and oxygen atoms in total. The monoisotopic (exact) mass is 471 g/mol. The average molecular weight is 472 g/mol. The highest BCUT2D eigenvalue weighted by molar-refractivity contribution is 5.85.